The SMILES string of the molecule is COc1cc(C=NNc2nc3c(N)ncnc3n2[C@H]2O[C@@H](CO)[C@@H](O)[C@H]2O)ccc1OCc1ccccc1. The van der Waals surface area contributed by atoms with Crippen molar-refractivity contribution in [2.24, 2.45) is 5.10 Å². The van der Waals surface area contributed by atoms with Crippen LogP contribution in [0.1, 0.15) is 17.4 Å². The summed E-state index contributed by atoms with van der Waals surface area (Å²) in [5, 5.41) is 34.6. The summed E-state index contributed by atoms with van der Waals surface area (Å²) in [6, 6.07) is 15.2. The summed E-state index contributed by atoms with van der Waals surface area (Å²) in [5.41, 5.74) is 11.0. The summed E-state index contributed by atoms with van der Waals surface area (Å²) < 4.78 is 18.5. The number of ether oxygens (including phenoxy) is 3. The lowest BCUT2D eigenvalue weighted by atomic mass is 10.1. The van der Waals surface area contributed by atoms with Gasteiger partial charge in [0.15, 0.2) is 34.7 Å². The van der Waals surface area contributed by atoms with Crippen LogP contribution >= 0.6 is 0 Å². The zero-order valence-corrected chi connectivity index (χ0v) is 20.4. The van der Waals surface area contributed by atoms with E-state index in [-0.39, 0.29) is 22.9 Å². The van der Waals surface area contributed by atoms with Crippen LogP contribution in [0.2, 0.25) is 0 Å². The minimum Gasteiger partial charge on any atom is -0.493 e. The number of aliphatic hydroxyl groups excluding tert-OH is 3. The monoisotopic (exact) mass is 521 g/mol. The average Bonchev–Trinajstić information content (AvgIpc) is 3.45. The molecule has 1 aliphatic heterocycles. The van der Waals surface area contributed by atoms with Gasteiger partial charge in [-0.05, 0) is 29.3 Å². The number of methoxy groups -OCH3 is 1. The highest BCUT2D eigenvalue weighted by molar-refractivity contribution is 5.85. The number of hydrogen-bond acceptors (Lipinski definition) is 12. The maximum Gasteiger partial charge on any atom is 0.228 e. The normalized spacial score (nSPS) is 21.3. The fraction of sp³-hybridized carbons (Fsp3) is 0.280. The van der Waals surface area contributed by atoms with Crippen LogP contribution in [0.3, 0.4) is 0 Å². The van der Waals surface area contributed by atoms with Crippen molar-refractivity contribution in [1.82, 2.24) is 19.5 Å². The molecule has 198 valence electrons. The number of nitrogens with one attached hydrogen (secondary N) is 1. The minimum atomic E-state index is -1.36. The van der Waals surface area contributed by atoms with Crippen molar-refractivity contribution in [3.8, 4) is 11.5 Å². The van der Waals surface area contributed by atoms with E-state index >= 15 is 0 Å². The maximum absolute atomic E-state index is 10.6. The lowest BCUT2D eigenvalue weighted by Crippen LogP contribution is -2.33. The lowest BCUT2D eigenvalue weighted by Gasteiger charge is -2.18. The Kier molecular flexibility index (Phi) is 7.33. The molecule has 13 heteroatoms. The second-order valence-corrected chi connectivity index (χ2v) is 8.52. The molecule has 3 heterocycles. The second-order valence-electron chi connectivity index (χ2n) is 8.52. The summed E-state index contributed by atoms with van der Waals surface area (Å²) in [6.45, 7) is -0.0817. The van der Waals surface area contributed by atoms with Crippen molar-refractivity contribution >= 4 is 29.1 Å². The van der Waals surface area contributed by atoms with E-state index in [1.54, 1.807) is 25.5 Å². The molecule has 6 N–H and O–H groups in total. The van der Waals surface area contributed by atoms with E-state index in [9.17, 15) is 15.3 Å². The Bertz CT molecular complexity index is 1430. The smallest absolute Gasteiger partial charge is 0.228 e. The molecule has 4 atom stereocenters. The van der Waals surface area contributed by atoms with Crippen LogP contribution in [-0.4, -0.2) is 73.1 Å². The molecule has 5 rings (SSSR count). The minimum absolute atomic E-state index is 0.114. The van der Waals surface area contributed by atoms with Crippen molar-refractivity contribution in [3.63, 3.8) is 0 Å². The molecular weight excluding hydrogens is 494 g/mol. The molecular formula is C25H27N7O6. The van der Waals surface area contributed by atoms with Gasteiger partial charge in [0.2, 0.25) is 5.95 Å². The molecule has 1 fully saturated rings. The van der Waals surface area contributed by atoms with Crippen LogP contribution in [0.5, 0.6) is 11.5 Å². The quantitative estimate of drug-likeness (QED) is 0.157. The van der Waals surface area contributed by atoms with Crippen LogP contribution in [0.15, 0.2) is 60.0 Å². The predicted molar refractivity (Wildman–Crippen MR) is 138 cm³/mol. The predicted octanol–water partition coefficient (Wildman–Crippen LogP) is 1.05. The van der Waals surface area contributed by atoms with Gasteiger partial charge in [-0.25, -0.2) is 20.4 Å². The molecule has 0 saturated carbocycles. The molecule has 38 heavy (non-hydrogen) atoms. The Morgan fingerprint density at radius 3 is 2.68 bits per heavy atom. The van der Waals surface area contributed by atoms with E-state index in [0.717, 1.165) is 5.56 Å². The first-order valence-electron chi connectivity index (χ1n) is 11.7. The Labute approximate surface area is 217 Å². The maximum atomic E-state index is 10.6. The van der Waals surface area contributed by atoms with Gasteiger partial charge in [0.1, 0.15) is 31.2 Å². The zero-order valence-electron chi connectivity index (χ0n) is 20.4. The van der Waals surface area contributed by atoms with E-state index in [4.69, 9.17) is 19.9 Å². The highest BCUT2D eigenvalue weighted by Crippen LogP contribution is 2.35. The number of nitrogens with two attached hydrogens (primary N) is 1. The molecule has 0 spiro atoms. The summed E-state index contributed by atoms with van der Waals surface area (Å²) >= 11 is 0. The number of nitrogens with zero attached hydrogens (tertiary/aromatic N) is 5. The van der Waals surface area contributed by atoms with Gasteiger partial charge in [-0.2, -0.15) is 5.10 Å². The summed E-state index contributed by atoms with van der Waals surface area (Å²) in [7, 11) is 1.55. The molecule has 2 aromatic carbocycles. The number of benzene rings is 2. The molecule has 0 bridgehead atoms. The third-order valence-electron chi connectivity index (χ3n) is 6.08. The third kappa shape index (κ3) is 4.95. The van der Waals surface area contributed by atoms with Gasteiger partial charge in [0, 0.05) is 0 Å². The fourth-order valence-electron chi connectivity index (χ4n) is 4.12. The number of hydrogen-bond donors (Lipinski definition) is 5. The molecule has 0 aliphatic carbocycles. The Morgan fingerprint density at radius 2 is 1.95 bits per heavy atom. The number of nitrogen functional groups attached to an aromatic ring is 1. The summed E-state index contributed by atoms with van der Waals surface area (Å²) in [4.78, 5) is 12.6. The first-order valence-corrected chi connectivity index (χ1v) is 11.7. The van der Waals surface area contributed by atoms with Gasteiger partial charge in [-0.1, -0.05) is 30.3 Å². The van der Waals surface area contributed by atoms with Crippen molar-refractivity contribution in [2.45, 2.75) is 31.1 Å². The van der Waals surface area contributed by atoms with E-state index in [1.165, 1.54) is 10.9 Å². The van der Waals surface area contributed by atoms with Crippen LogP contribution in [-0.2, 0) is 11.3 Å². The van der Waals surface area contributed by atoms with Crippen molar-refractivity contribution < 1.29 is 29.5 Å². The van der Waals surface area contributed by atoms with Crippen LogP contribution in [0.4, 0.5) is 11.8 Å². The lowest BCUT2D eigenvalue weighted by molar-refractivity contribution is -0.0501. The Morgan fingerprint density at radius 1 is 1.13 bits per heavy atom. The Hall–Kier alpha value is -4.30. The first-order chi connectivity index (χ1) is 18.5. The Balaban J connectivity index is 1.37. The topological polar surface area (TPSA) is 182 Å². The van der Waals surface area contributed by atoms with Gasteiger partial charge >= 0.3 is 0 Å². The number of aliphatic hydroxyl groups is 3. The molecule has 1 aliphatic rings. The number of imidazole rings is 1. The molecule has 4 aromatic rings. The number of fused-ring (bicyclic) bond motifs is 1. The third-order valence-corrected chi connectivity index (χ3v) is 6.08. The highest BCUT2D eigenvalue weighted by atomic mass is 16.6. The number of anilines is 2. The van der Waals surface area contributed by atoms with Crippen molar-refractivity contribution in [2.75, 3.05) is 24.9 Å². The van der Waals surface area contributed by atoms with E-state index in [1.807, 2.05) is 36.4 Å². The summed E-state index contributed by atoms with van der Waals surface area (Å²) in [5.74, 6) is 1.37. The largest absolute Gasteiger partial charge is 0.493 e. The molecule has 0 radical (unpaired) electrons. The van der Waals surface area contributed by atoms with Crippen molar-refractivity contribution in [1.29, 1.82) is 0 Å². The van der Waals surface area contributed by atoms with E-state index < -0.39 is 31.1 Å². The van der Waals surface area contributed by atoms with Gasteiger partial charge in [-0.15, -0.1) is 0 Å². The number of rotatable bonds is 9. The standard InChI is InChI=1S/C25H27N7O6/c1-36-17-9-15(7-8-16(17)37-12-14-5-3-2-4-6-14)10-29-31-25-30-19-22(26)27-13-28-23(19)32(25)24-21(35)20(34)18(11-33)38-24/h2-10,13,18,20-21,24,33-35H,11-12H2,1H3,(H,30,31)(H2,26,27,28)/t18-,20+,21+,24-/m0/s1. The molecule has 13 nitrogen and oxygen atoms in total. The van der Waals surface area contributed by atoms with Gasteiger partial charge in [-0.3, -0.25) is 4.57 Å². The van der Waals surface area contributed by atoms with Crippen LogP contribution < -0.4 is 20.6 Å². The van der Waals surface area contributed by atoms with Gasteiger partial charge < -0.3 is 35.3 Å². The van der Waals surface area contributed by atoms with Crippen LogP contribution in [0.25, 0.3) is 11.2 Å². The van der Waals surface area contributed by atoms with Gasteiger partial charge in [0.05, 0.1) is 19.9 Å². The summed E-state index contributed by atoms with van der Waals surface area (Å²) in [6.07, 6.45) is -1.98. The van der Waals surface area contributed by atoms with Crippen LogP contribution in [0, 0.1) is 0 Å². The fourth-order valence-corrected chi connectivity index (χ4v) is 4.12. The molecule has 0 amide bonds. The first kappa shape index (κ1) is 25.4. The van der Waals surface area contributed by atoms with E-state index in [0.29, 0.717) is 23.7 Å². The molecule has 2 aromatic heterocycles. The number of hydrazone groups is 1. The molecule has 1 saturated heterocycles. The average molecular weight is 522 g/mol. The zero-order chi connectivity index (χ0) is 26.6. The molecule has 0 unspecified atom stereocenters. The van der Waals surface area contributed by atoms with Crippen molar-refractivity contribution in [3.05, 3.63) is 66.0 Å². The second kappa shape index (κ2) is 11.0. The van der Waals surface area contributed by atoms with E-state index in [2.05, 4.69) is 25.5 Å². The van der Waals surface area contributed by atoms with Gasteiger partial charge in [0.25, 0.3) is 0 Å². The number of aromatic nitrogens is 4. The highest BCUT2D eigenvalue weighted by Gasteiger charge is 2.45.